The molecule has 1 aromatic carbocycles. The molecule has 0 unspecified atom stereocenters. The highest BCUT2D eigenvalue weighted by molar-refractivity contribution is 5.50. The lowest BCUT2D eigenvalue weighted by Gasteiger charge is -2.33. The minimum absolute atomic E-state index is 0.280. The first kappa shape index (κ1) is 21.2. The quantitative estimate of drug-likeness (QED) is 0.522. The van der Waals surface area contributed by atoms with E-state index in [2.05, 4.69) is 45.8 Å². The van der Waals surface area contributed by atoms with E-state index in [1.807, 2.05) is 12.5 Å². The summed E-state index contributed by atoms with van der Waals surface area (Å²) in [7, 11) is 0. The molecule has 0 spiro atoms. The van der Waals surface area contributed by atoms with Crippen LogP contribution < -0.4 is 4.74 Å². The molecule has 3 fully saturated rings. The van der Waals surface area contributed by atoms with Gasteiger partial charge in [-0.15, -0.1) is 0 Å². The van der Waals surface area contributed by atoms with E-state index in [0.717, 1.165) is 68.7 Å². The highest BCUT2D eigenvalue weighted by atomic mass is 16.5. The first-order valence-corrected chi connectivity index (χ1v) is 12.7. The van der Waals surface area contributed by atoms with Gasteiger partial charge in [-0.25, -0.2) is 4.98 Å². The number of ether oxygens (including phenoxy) is 2. The number of aromatic nitrogens is 2. The maximum atomic E-state index is 11.5. The average Bonchev–Trinajstić information content (AvgIpc) is 3.60. The zero-order chi connectivity index (χ0) is 22.2. The van der Waals surface area contributed by atoms with Crippen molar-refractivity contribution < 1.29 is 14.6 Å². The zero-order valence-corrected chi connectivity index (χ0v) is 19.2. The summed E-state index contributed by atoms with van der Waals surface area (Å²) >= 11 is 0. The number of nitrogens with zero attached hydrogens (tertiary/aromatic N) is 2. The molecule has 1 saturated heterocycles. The standard InChI is InChI=1S/C28H34N2O3/c31-28(27-26(21-3-4-21)12-9-23-17-29-18-30(23)27)22-5-1-19(2-6-22)20-7-10-24(11-8-20)33-25-13-15-32-16-14-25/h7-12,17-19,21-22,25,28,31H,1-6,13-16H2/t19?,22?,28-/m1/s1. The number of hydrogen-bond donors (Lipinski definition) is 1. The second kappa shape index (κ2) is 9.11. The lowest BCUT2D eigenvalue weighted by molar-refractivity contribution is 0.0255. The van der Waals surface area contributed by atoms with Crippen LogP contribution in [0.15, 0.2) is 48.9 Å². The van der Waals surface area contributed by atoms with Gasteiger partial charge in [0, 0.05) is 12.8 Å². The fourth-order valence-electron chi connectivity index (χ4n) is 5.88. The molecule has 0 bridgehead atoms. The van der Waals surface area contributed by atoms with E-state index in [1.54, 1.807) is 0 Å². The van der Waals surface area contributed by atoms with Crippen LogP contribution in [0.25, 0.3) is 5.52 Å². The largest absolute Gasteiger partial charge is 0.490 e. The number of hydrogen-bond acceptors (Lipinski definition) is 4. The van der Waals surface area contributed by atoms with Crippen LogP contribution in [0.5, 0.6) is 5.75 Å². The van der Waals surface area contributed by atoms with E-state index in [1.165, 1.54) is 24.0 Å². The molecule has 1 atom stereocenters. The van der Waals surface area contributed by atoms with E-state index in [9.17, 15) is 5.11 Å². The van der Waals surface area contributed by atoms with Crippen molar-refractivity contribution in [2.24, 2.45) is 5.92 Å². The molecule has 2 aliphatic carbocycles. The van der Waals surface area contributed by atoms with Crippen LogP contribution in [-0.2, 0) is 4.74 Å². The number of aliphatic hydroxyl groups is 1. The summed E-state index contributed by atoms with van der Waals surface area (Å²) in [4.78, 5) is 4.34. The molecule has 3 heterocycles. The van der Waals surface area contributed by atoms with Crippen molar-refractivity contribution in [3.8, 4) is 5.75 Å². The van der Waals surface area contributed by atoms with Crippen molar-refractivity contribution in [3.63, 3.8) is 0 Å². The number of imidazole rings is 1. The minimum Gasteiger partial charge on any atom is -0.490 e. The summed E-state index contributed by atoms with van der Waals surface area (Å²) in [5.41, 5.74) is 4.89. The molecule has 3 aliphatic rings. The Kier molecular flexibility index (Phi) is 5.85. The summed E-state index contributed by atoms with van der Waals surface area (Å²) < 4.78 is 13.7. The van der Waals surface area contributed by atoms with Crippen LogP contribution in [-0.4, -0.2) is 33.8 Å². The van der Waals surface area contributed by atoms with Gasteiger partial charge in [0.25, 0.3) is 0 Å². The van der Waals surface area contributed by atoms with Crippen LogP contribution in [0, 0.1) is 5.92 Å². The Morgan fingerprint density at radius 2 is 1.61 bits per heavy atom. The molecule has 0 radical (unpaired) electrons. The number of fused-ring (bicyclic) bond motifs is 1. The van der Waals surface area contributed by atoms with E-state index in [-0.39, 0.29) is 6.10 Å². The predicted molar refractivity (Wildman–Crippen MR) is 128 cm³/mol. The van der Waals surface area contributed by atoms with Crippen LogP contribution >= 0.6 is 0 Å². The SMILES string of the molecule is O[C@@H](c1c(C2CC2)ccc2cncn12)C1CCC(c2ccc(OC3CCOCC3)cc2)CC1. The molecule has 0 amide bonds. The highest BCUT2D eigenvalue weighted by Crippen LogP contribution is 2.47. The minimum atomic E-state index is -0.422. The van der Waals surface area contributed by atoms with Gasteiger partial charge in [-0.3, -0.25) is 0 Å². The summed E-state index contributed by atoms with van der Waals surface area (Å²) in [6.45, 7) is 1.60. The van der Waals surface area contributed by atoms with Gasteiger partial charge in [0.1, 0.15) is 11.9 Å². The number of aliphatic hydroxyl groups excluding tert-OH is 1. The normalized spacial score (nSPS) is 25.2. The molecule has 3 aromatic rings. The molecular weight excluding hydrogens is 412 g/mol. The maximum Gasteiger partial charge on any atom is 0.119 e. The Morgan fingerprint density at radius 1 is 0.879 bits per heavy atom. The van der Waals surface area contributed by atoms with Gasteiger partial charge >= 0.3 is 0 Å². The van der Waals surface area contributed by atoms with Gasteiger partial charge in [-0.1, -0.05) is 18.2 Å². The van der Waals surface area contributed by atoms with E-state index < -0.39 is 6.10 Å². The smallest absolute Gasteiger partial charge is 0.119 e. The molecule has 2 saturated carbocycles. The van der Waals surface area contributed by atoms with E-state index in [0.29, 0.717) is 17.8 Å². The van der Waals surface area contributed by atoms with Crippen molar-refractivity contribution in [2.75, 3.05) is 13.2 Å². The summed E-state index contributed by atoms with van der Waals surface area (Å²) in [6, 6.07) is 13.1. The van der Waals surface area contributed by atoms with E-state index in [4.69, 9.17) is 9.47 Å². The Bertz CT molecular complexity index is 1070. The molecule has 1 N–H and O–H groups in total. The third-order valence-electron chi connectivity index (χ3n) is 7.99. The number of benzene rings is 1. The van der Waals surface area contributed by atoms with Crippen molar-refractivity contribution in [1.82, 2.24) is 9.38 Å². The van der Waals surface area contributed by atoms with Crippen molar-refractivity contribution >= 4 is 5.52 Å². The van der Waals surface area contributed by atoms with Crippen molar-refractivity contribution in [1.29, 1.82) is 0 Å². The van der Waals surface area contributed by atoms with Gasteiger partial charge in [0.05, 0.1) is 43.1 Å². The average molecular weight is 447 g/mol. The van der Waals surface area contributed by atoms with Gasteiger partial charge in [-0.2, -0.15) is 0 Å². The molecule has 174 valence electrons. The third-order valence-corrected chi connectivity index (χ3v) is 7.99. The van der Waals surface area contributed by atoms with Crippen LogP contribution in [0.1, 0.15) is 86.1 Å². The Labute approximate surface area is 195 Å². The lowest BCUT2D eigenvalue weighted by Crippen LogP contribution is -2.25. The summed E-state index contributed by atoms with van der Waals surface area (Å²) in [5, 5.41) is 11.5. The fraction of sp³-hybridized carbons (Fsp3) is 0.536. The summed E-state index contributed by atoms with van der Waals surface area (Å²) in [5.74, 6) is 2.45. The molecule has 1 aliphatic heterocycles. The molecule has 2 aromatic heterocycles. The monoisotopic (exact) mass is 446 g/mol. The highest BCUT2D eigenvalue weighted by Gasteiger charge is 2.34. The second-order valence-corrected chi connectivity index (χ2v) is 10.2. The Balaban J connectivity index is 1.11. The fourth-order valence-corrected chi connectivity index (χ4v) is 5.88. The second-order valence-electron chi connectivity index (χ2n) is 10.2. The number of rotatable bonds is 6. The van der Waals surface area contributed by atoms with Crippen molar-refractivity contribution in [2.45, 2.75) is 75.4 Å². The van der Waals surface area contributed by atoms with Gasteiger partial charge in [-0.05, 0) is 85.6 Å². The topological polar surface area (TPSA) is 56.0 Å². The van der Waals surface area contributed by atoms with Gasteiger partial charge in [0.2, 0.25) is 0 Å². The Morgan fingerprint density at radius 3 is 2.33 bits per heavy atom. The number of pyridine rings is 1. The molecule has 5 heteroatoms. The molecule has 5 nitrogen and oxygen atoms in total. The lowest BCUT2D eigenvalue weighted by atomic mass is 9.75. The zero-order valence-electron chi connectivity index (χ0n) is 19.2. The third kappa shape index (κ3) is 4.41. The predicted octanol–water partition coefficient (Wildman–Crippen LogP) is 5.78. The Hall–Kier alpha value is -2.37. The van der Waals surface area contributed by atoms with Gasteiger partial charge in [0.15, 0.2) is 0 Å². The van der Waals surface area contributed by atoms with Gasteiger partial charge < -0.3 is 19.0 Å². The first-order chi connectivity index (χ1) is 16.3. The van der Waals surface area contributed by atoms with Crippen LogP contribution in [0.4, 0.5) is 0 Å². The van der Waals surface area contributed by atoms with Crippen LogP contribution in [0.2, 0.25) is 0 Å². The maximum absolute atomic E-state index is 11.5. The molecular formula is C28H34N2O3. The van der Waals surface area contributed by atoms with Crippen molar-refractivity contribution in [3.05, 3.63) is 65.7 Å². The first-order valence-electron chi connectivity index (χ1n) is 12.7. The summed E-state index contributed by atoms with van der Waals surface area (Å²) in [6.07, 6.45) is 12.4. The molecule has 33 heavy (non-hydrogen) atoms. The molecule has 6 rings (SSSR count). The van der Waals surface area contributed by atoms with Crippen LogP contribution in [0.3, 0.4) is 0 Å². The van der Waals surface area contributed by atoms with E-state index >= 15 is 0 Å².